The predicted octanol–water partition coefficient (Wildman–Crippen LogP) is 4.82. The lowest BCUT2D eigenvalue weighted by Crippen LogP contribution is -2.13. The van der Waals surface area contributed by atoms with E-state index in [0.29, 0.717) is 21.8 Å². The van der Waals surface area contributed by atoms with Crippen molar-refractivity contribution in [1.29, 1.82) is 0 Å². The number of aromatic nitrogens is 1. The number of carboxylic acid groups (broad SMARTS) is 1. The average molecular weight is 422 g/mol. The van der Waals surface area contributed by atoms with Crippen LogP contribution in [-0.4, -0.2) is 28.6 Å². The number of rotatable bonds is 6. The molecule has 4 rings (SSSR count). The van der Waals surface area contributed by atoms with Crippen molar-refractivity contribution in [3.05, 3.63) is 78.1 Å². The normalized spacial score (nSPS) is 10.7. The number of anilines is 1. The van der Waals surface area contributed by atoms with E-state index in [2.05, 4.69) is 10.3 Å². The first kappa shape index (κ1) is 19.5. The number of aliphatic carboxylic acids is 1. The molecule has 4 aromatic rings. The fourth-order valence-corrected chi connectivity index (χ4v) is 3.82. The maximum atomic E-state index is 13.1. The summed E-state index contributed by atoms with van der Waals surface area (Å²) < 4.78 is 19.5. The SMILES string of the molecule is O=C(O)COc1cc(NC(=O)c2ccc(F)cc2)ccc1-c1nc2ccccc2s1. The van der Waals surface area contributed by atoms with Crippen LogP contribution in [0.3, 0.4) is 0 Å². The molecular formula is C22H15FN2O4S. The molecule has 30 heavy (non-hydrogen) atoms. The molecule has 6 nitrogen and oxygen atoms in total. The Morgan fingerprint density at radius 3 is 2.57 bits per heavy atom. The topological polar surface area (TPSA) is 88.5 Å². The Balaban J connectivity index is 1.66. The number of amides is 1. The highest BCUT2D eigenvalue weighted by Gasteiger charge is 2.15. The number of fused-ring (bicyclic) bond motifs is 1. The third kappa shape index (κ3) is 4.28. The molecular weight excluding hydrogens is 407 g/mol. The average Bonchev–Trinajstić information content (AvgIpc) is 3.16. The van der Waals surface area contributed by atoms with Gasteiger partial charge in [-0.05, 0) is 48.5 Å². The van der Waals surface area contributed by atoms with Gasteiger partial charge in [0.25, 0.3) is 5.91 Å². The number of nitrogens with one attached hydrogen (secondary N) is 1. The van der Waals surface area contributed by atoms with Crippen molar-refractivity contribution in [3.63, 3.8) is 0 Å². The van der Waals surface area contributed by atoms with Gasteiger partial charge in [0.05, 0.1) is 15.8 Å². The van der Waals surface area contributed by atoms with Crippen LogP contribution in [0.2, 0.25) is 0 Å². The number of hydrogen-bond donors (Lipinski definition) is 2. The minimum absolute atomic E-state index is 0.286. The Morgan fingerprint density at radius 1 is 1.07 bits per heavy atom. The van der Waals surface area contributed by atoms with Crippen molar-refractivity contribution in [2.75, 3.05) is 11.9 Å². The lowest BCUT2D eigenvalue weighted by Gasteiger charge is -2.12. The molecule has 8 heteroatoms. The number of hydrogen-bond acceptors (Lipinski definition) is 5. The molecule has 0 aliphatic carbocycles. The monoisotopic (exact) mass is 422 g/mol. The highest BCUT2D eigenvalue weighted by Crippen LogP contribution is 2.37. The molecule has 1 amide bonds. The molecule has 0 spiro atoms. The molecule has 0 atom stereocenters. The van der Waals surface area contributed by atoms with Gasteiger partial charge in [-0.25, -0.2) is 14.2 Å². The van der Waals surface area contributed by atoms with Crippen molar-refractivity contribution in [1.82, 2.24) is 4.98 Å². The zero-order valence-electron chi connectivity index (χ0n) is 15.5. The summed E-state index contributed by atoms with van der Waals surface area (Å²) in [6, 6.07) is 17.7. The molecule has 0 saturated carbocycles. The minimum Gasteiger partial charge on any atom is -0.481 e. The molecule has 0 aliphatic rings. The number of thiazole rings is 1. The Bertz CT molecular complexity index is 1200. The van der Waals surface area contributed by atoms with Crippen molar-refractivity contribution < 1.29 is 23.8 Å². The molecule has 1 aromatic heterocycles. The smallest absolute Gasteiger partial charge is 0.341 e. The van der Waals surface area contributed by atoms with Crippen LogP contribution in [-0.2, 0) is 4.79 Å². The third-order valence-electron chi connectivity index (χ3n) is 4.22. The first-order valence-electron chi connectivity index (χ1n) is 8.91. The molecule has 1 heterocycles. The van der Waals surface area contributed by atoms with E-state index >= 15 is 0 Å². The standard InChI is InChI=1S/C22H15FN2O4S/c23-14-7-5-13(6-8-14)21(28)24-15-9-10-16(18(11-15)29-12-20(26)27)22-25-17-3-1-2-4-19(17)30-22/h1-11H,12H2,(H,24,28)(H,26,27). The Labute approximate surface area is 174 Å². The summed E-state index contributed by atoms with van der Waals surface area (Å²) in [5, 5.41) is 12.4. The second-order valence-electron chi connectivity index (χ2n) is 6.34. The Hall–Kier alpha value is -3.78. The number of carbonyl (C=O) groups excluding carboxylic acids is 1. The van der Waals surface area contributed by atoms with Gasteiger partial charge in [-0.3, -0.25) is 4.79 Å². The quantitative estimate of drug-likeness (QED) is 0.465. The molecule has 150 valence electrons. The van der Waals surface area contributed by atoms with Crippen LogP contribution < -0.4 is 10.1 Å². The number of halogens is 1. The van der Waals surface area contributed by atoms with Crippen LogP contribution >= 0.6 is 11.3 Å². The number of carbonyl (C=O) groups is 2. The van der Waals surface area contributed by atoms with E-state index in [1.807, 2.05) is 24.3 Å². The van der Waals surface area contributed by atoms with Crippen LogP contribution in [0.1, 0.15) is 10.4 Å². The molecule has 0 radical (unpaired) electrons. The summed E-state index contributed by atoms with van der Waals surface area (Å²) in [7, 11) is 0. The van der Waals surface area contributed by atoms with Gasteiger partial charge in [0.1, 0.15) is 16.6 Å². The van der Waals surface area contributed by atoms with E-state index in [1.54, 1.807) is 18.2 Å². The highest BCUT2D eigenvalue weighted by atomic mass is 32.1. The summed E-state index contributed by atoms with van der Waals surface area (Å²) in [6.07, 6.45) is 0. The van der Waals surface area contributed by atoms with Gasteiger partial charge in [-0.2, -0.15) is 0 Å². The van der Waals surface area contributed by atoms with Crippen molar-refractivity contribution >= 4 is 39.1 Å². The second kappa shape index (κ2) is 8.30. The molecule has 0 bridgehead atoms. The number of ether oxygens (including phenoxy) is 1. The van der Waals surface area contributed by atoms with Gasteiger partial charge in [0.2, 0.25) is 0 Å². The van der Waals surface area contributed by atoms with E-state index in [9.17, 15) is 14.0 Å². The van der Waals surface area contributed by atoms with Gasteiger partial charge >= 0.3 is 5.97 Å². The Kier molecular flexibility index (Phi) is 5.40. The van der Waals surface area contributed by atoms with Gasteiger partial charge < -0.3 is 15.2 Å². The number of benzene rings is 3. The van der Waals surface area contributed by atoms with Gasteiger partial charge in [0.15, 0.2) is 6.61 Å². The summed E-state index contributed by atoms with van der Waals surface area (Å²) in [4.78, 5) is 28.0. The largest absolute Gasteiger partial charge is 0.481 e. The van der Waals surface area contributed by atoms with E-state index < -0.39 is 24.3 Å². The lowest BCUT2D eigenvalue weighted by molar-refractivity contribution is -0.139. The number of para-hydroxylation sites is 1. The molecule has 0 fully saturated rings. The van der Waals surface area contributed by atoms with Gasteiger partial charge in [-0.1, -0.05) is 12.1 Å². The Morgan fingerprint density at radius 2 is 1.83 bits per heavy atom. The molecule has 3 aromatic carbocycles. The van der Waals surface area contributed by atoms with E-state index in [1.165, 1.54) is 35.6 Å². The van der Waals surface area contributed by atoms with Crippen LogP contribution in [0.4, 0.5) is 10.1 Å². The first-order valence-corrected chi connectivity index (χ1v) is 9.73. The fourth-order valence-electron chi connectivity index (χ4n) is 2.83. The summed E-state index contributed by atoms with van der Waals surface area (Å²) in [6.45, 7) is -0.534. The van der Waals surface area contributed by atoms with Gasteiger partial charge in [0, 0.05) is 17.3 Å². The van der Waals surface area contributed by atoms with Crippen LogP contribution in [0.5, 0.6) is 5.75 Å². The van der Waals surface area contributed by atoms with Crippen LogP contribution in [0.25, 0.3) is 20.8 Å². The first-order chi connectivity index (χ1) is 14.5. The van der Waals surface area contributed by atoms with Crippen molar-refractivity contribution in [3.8, 4) is 16.3 Å². The minimum atomic E-state index is -1.12. The van der Waals surface area contributed by atoms with Crippen LogP contribution in [0, 0.1) is 5.82 Å². The molecule has 2 N–H and O–H groups in total. The van der Waals surface area contributed by atoms with Gasteiger partial charge in [-0.15, -0.1) is 11.3 Å². The predicted molar refractivity (Wildman–Crippen MR) is 113 cm³/mol. The van der Waals surface area contributed by atoms with Crippen molar-refractivity contribution in [2.45, 2.75) is 0 Å². The maximum absolute atomic E-state index is 13.1. The number of carboxylic acids is 1. The zero-order valence-corrected chi connectivity index (χ0v) is 16.3. The van der Waals surface area contributed by atoms with E-state index in [4.69, 9.17) is 9.84 Å². The molecule has 0 unspecified atom stereocenters. The lowest BCUT2D eigenvalue weighted by atomic mass is 10.1. The highest BCUT2D eigenvalue weighted by molar-refractivity contribution is 7.21. The fraction of sp³-hybridized carbons (Fsp3) is 0.0455. The van der Waals surface area contributed by atoms with E-state index in [-0.39, 0.29) is 5.75 Å². The zero-order chi connectivity index (χ0) is 21.1. The molecule has 0 saturated heterocycles. The maximum Gasteiger partial charge on any atom is 0.341 e. The van der Waals surface area contributed by atoms with E-state index in [0.717, 1.165) is 10.2 Å². The second-order valence-corrected chi connectivity index (χ2v) is 7.37. The van der Waals surface area contributed by atoms with Crippen molar-refractivity contribution in [2.24, 2.45) is 0 Å². The third-order valence-corrected chi connectivity index (χ3v) is 5.29. The summed E-state index contributed by atoms with van der Waals surface area (Å²) in [5.74, 6) is -1.69. The summed E-state index contributed by atoms with van der Waals surface area (Å²) >= 11 is 1.46. The molecule has 0 aliphatic heterocycles. The number of nitrogens with zero attached hydrogens (tertiary/aromatic N) is 1. The summed E-state index contributed by atoms with van der Waals surface area (Å²) in [5.41, 5.74) is 2.15. The van der Waals surface area contributed by atoms with Crippen LogP contribution in [0.15, 0.2) is 66.7 Å².